The predicted molar refractivity (Wildman–Crippen MR) is 246 cm³/mol. The molecule has 12 rings (SSSR count). The van der Waals surface area contributed by atoms with E-state index in [4.69, 9.17) is 9.97 Å². The summed E-state index contributed by atoms with van der Waals surface area (Å²) >= 11 is 1.89. The maximum atomic E-state index is 5.43. The maximum Gasteiger partial charge on any atom is 0.235 e. The lowest BCUT2D eigenvalue weighted by Gasteiger charge is -2.13. The molecule has 0 saturated heterocycles. The van der Waals surface area contributed by atoms with Gasteiger partial charge in [-0.1, -0.05) is 176 Å². The molecule has 3 nitrogen and oxygen atoms in total. The van der Waals surface area contributed by atoms with E-state index in [0.717, 1.165) is 33.5 Å². The van der Waals surface area contributed by atoms with Crippen LogP contribution in [0.2, 0.25) is 0 Å². The molecule has 0 spiro atoms. The first-order valence-electron chi connectivity index (χ1n) is 19.7. The zero-order valence-corrected chi connectivity index (χ0v) is 32.1. The molecule has 0 aliphatic heterocycles. The van der Waals surface area contributed by atoms with Crippen LogP contribution >= 0.6 is 11.3 Å². The number of fused-ring (bicyclic) bond motifs is 12. The number of nitrogens with zero attached hydrogens (tertiary/aromatic N) is 3. The average molecular weight is 756 g/mol. The van der Waals surface area contributed by atoms with E-state index in [1.807, 2.05) is 11.3 Å². The van der Waals surface area contributed by atoms with Crippen molar-refractivity contribution in [3.63, 3.8) is 0 Å². The standard InChI is InChI=1S/C54H33N3S/c1-4-14-34(15-5-1)35-24-26-36(27-25-35)40-29-31-48-44(32-40)50-51-49-41-21-11-10-16-37(41)28-30-47(49)57(52(51)42-22-12-13-23-43(42)53(50)58-48)54-55-45(38-17-6-2-7-18-38)33-46(56-54)39-19-8-3-9-20-39/h1-33H. The van der Waals surface area contributed by atoms with Crippen LogP contribution in [0.25, 0.3) is 114 Å². The molecule has 0 atom stereocenters. The lowest BCUT2D eigenvalue weighted by Crippen LogP contribution is -2.04. The molecule has 0 amide bonds. The molecule has 9 aromatic carbocycles. The smallest absolute Gasteiger partial charge is 0.235 e. The summed E-state index contributed by atoms with van der Waals surface area (Å²) in [6.07, 6.45) is 0. The van der Waals surface area contributed by atoms with Crippen molar-refractivity contribution in [2.75, 3.05) is 0 Å². The van der Waals surface area contributed by atoms with E-state index in [0.29, 0.717) is 5.95 Å². The summed E-state index contributed by atoms with van der Waals surface area (Å²) in [5.41, 5.74) is 10.9. The van der Waals surface area contributed by atoms with Gasteiger partial charge in [-0.3, -0.25) is 4.57 Å². The van der Waals surface area contributed by atoms with Gasteiger partial charge in [-0.2, -0.15) is 0 Å². The fourth-order valence-electron chi connectivity index (χ4n) is 8.90. The second-order valence-corrected chi connectivity index (χ2v) is 16.0. The fraction of sp³-hybridized carbons (Fsp3) is 0. The highest BCUT2D eigenvalue weighted by atomic mass is 32.1. The van der Waals surface area contributed by atoms with Crippen LogP contribution in [-0.2, 0) is 0 Å². The molecule has 58 heavy (non-hydrogen) atoms. The Morgan fingerprint density at radius 1 is 0.362 bits per heavy atom. The summed E-state index contributed by atoms with van der Waals surface area (Å²) < 4.78 is 4.91. The van der Waals surface area contributed by atoms with Gasteiger partial charge in [-0.05, 0) is 57.3 Å². The number of thiophene rings is 1. The van der Waals surface area contributed by atoms with Crippen molar-refractivity contribution < 1.29 is 0 Å². The van der Waals surface area contributed by atoms with Gasteiger partial charge in [0.25, 0.3) is 0 Å². The van der Waals surface area contributed by atoms with E-state index in [1.165, 1.54) is 74.7 Å². The molecule has 0 aliphatic rings. The number of rotatable bonds is 5. The van der Waals surface area contributed by atoms with Crippen molar-refractivity contribution in [1.29, 1.82) is 0 Å². The zero-order chi connectivity index (χ0) is 38.2. The lowest BCUT2D eigenvalue weighted by molar-refractivity contribution is 0.998. The molecule has 0 aliphatic carbocycles. The molecule has 3 aromatic heterocycles. The first kappa shape index (κ1) is 32.8. The predicted octanol–water partition coefficient (Wildman–Crippen LogP) is 14.9. The summed E-state index contributed by atoms with van der Waals surface area (Å²) in [4.78, 5) is 10.9. The molecule has 0 unspecified atom stereocenters. The van der Waals surface area contributed by atoms with Crippen LogP contribution in [0.4, 0.5) is 0 Å². The summed E-state index contributed by atoms with van der Waals surface area (Å²) in [7, 11) is 0. The van der Waals surface area contributed by atoms with E-state index >= 15 is 0 Å². The minimum atomic E-state index is 0.652. The van der Waals surface area contributed by atoms with Crippen LogP contribution in [0.1, 0.15) is 0 Å². The van der Waals surface area contributed by atoms with Gasteiger partial charge in [-0.25, -0.2) is 9.97 Å². The second kappa shape index (κ2) is 13.1. The Bertz CT molecular complexity index is 3470. The molecule has 0 bridgehead atoms. The van der Waals surface area contributed by atoms with Crippen LogP contribution in [0.15, 0.2) is 200 Å². The number of hydrogen-bond acceptors (Lipinski definition) is 3. The van der Waals surface area contributed by atoms with Gasteiger partial charge in [0, 0.05) is 52.8 Å². The third-order valence-corrected chi connectivity index (χ3v) is 12.8. The summed E-state index contributed by atoms with van der Waals surface area (Å²) in [5, 5.41) is 9.83. The molecule has 12 aromatic rings. The van der Waals surface area contributed by atoms with Crippen molar-refractivity contribution in [1.82, 2.24) is 14.5 Å². The van der Waals surface area contributed by atoms with E-state index < -0.39 is 0 Å². The lowest BCUT2D eigenvalue weighted by atomic mass is 9.95. The minimum Gasteiger partial charge on any atom is -0.277 e. The Balaban J connectivity index is 1.21. The fourth-order valence-corrected chi connectivity index (χ4v) is 10.1. The minimum absolute atomic E-state index is 0.652. The topological polar surface area (TPSA) is 30.7 Å². The largest absolute Gasteiger partial charge is 0.277 e. The molecule has 0 saturated carbocycles. The van der Waals surface area contributed by atoms with Crippen molar-refractivity contribution in [2.45, 2.75) is 0 Å². The molecular weight excluding hydrogens is 723 g/mol. The van der Waals surface area contributed by atoms with Crippen LogP contribution < -0.4 is 0 Å². The van der Waals surface area contributed by atoms with E-state index in [9.17, 15) is 0 Å². The van der Waals surface area contributed by atoms with Gasteiger partial charge >= 0.3 is 0 Å². The Hall–Kier alpha value is -7.40. The molecule has 0 N–H and O–H groups in total. The van der Waals surface area contributed by atoms with E-state index in [1.54, 1.807) is 0 Å². The van der Waals surface area contributed by atoms with Gasteiger partial charge < -0.3 is 0 Å². The second-order valence-electron chi connectivity index (χ2n) is 14.9. The first-order valence-corrected chi connectivity index (χ1v) is 20.5. The average Bonchev–Trinajstić information content (AvgIpc) is 3.86. The third-order valence-electron chi connectivity index (χ3n) is 11.6. The molecular formula is C54H33N3S. The number of hydrogen-bond donors (Lipinski definition) is 0. The van der Waals surface area contributed by atoms with Gasteiger partial charge in [0.05, 0.1) is 22.4 Å². The Kier molecular flexibility index (Phi) is 7.40. The van der Waals surface area contributed by atoms with Crippen LogP contribution in [0, 0.1) is 0 Å². The molecule has 270 valence electrons. The number of aromatic nitrogens is 3. The normalized spacial score (nSPS) is 11.8. The van der Waals surface area contributed by atoms with E-state index in [-0.39, 0.29) is 0 Å². The number of benzene rings is 9. The van der Waals surface area contributed by atoms with Gasteiger partial charge in [0.15, 0.2) is 0 Å². The summed E-state index contributed by atoms with van der Waals surface area (Å²) in [6, 6.07) is 71.8. The van der Waals surface area contributed by atoms with E-state index in [2.05, 4.69) is 205 Å². The first-order chi connectivity index (χ1) is 28.8. The molecule has 0 fully saturated rings. The monoisotopic (exact) mass is 755 g/mol. The van der Waals surface area contributed by atoms with Gasteiger partial charge in [-0.15, -0.1) is 11.3 Å². The SMILES string of the molecule is c1ccc(-c2ccc(-c3ccc4sc5c6ccccc6c6c(c5c4c3)c3c4ccccc4ccc3n6-c3nc(-c4ccccc4)cc(-c4ccccc4)n3)cc2)cc1. The maximum absolute atomic E-state index is 5.43. The third kappa shape index (κ3) is 5.12. The molecule has 4 heteroatoms. The van der Waals surface area contributed by atoms with Crippen molar-refractivity contribution >= 4 is 74.9 Å². The van der Waals surface area contributed by atoms with Crippen molar-refractivity contribution in [2.24, 2.45) is 0 Å². The Morgan fingerprint density at radius 2 is 0.897 bits per heavy atom. The van der Waals surface area contributed by atoms with Crippen molar-refractivity contribution in [3.05, 3.63) is 200 Å². The van der Waals surface area contributed by atoms with Crippen molar-refractivity contribution in [3.8, 4) is 50.7 Å². The molecule has 3 heterocycles. The van der Waals surface area contributed by atoms with Gasteiger partial charge in [0.2, 0.25) is 5.95 Å². The summed E-state index contributed by atoms with van der Waals surface area (Å²) in [6.45, 7) is 0. The van der Waals surface area contributed by atoms with Crippen LogP contribution in [0.3, 0.4) is 0 Å². The quantitative estimate of drug-likeness (QED) is 0.175. The highest BCUT2D eigenvalue weighted by molar-refractivity contribution is 7.27. The highest BCUT2D eigenvalue weighted by Gasteiger charge is 2.25. The van der Waals surface area contributed by atoms with Gasteiger partial charge in [0.1, 0.15) is 0 Å². The van der Waals surface area contributed by atoms with Crippen LogP contribution in [-0.4, -0.2) is 14.5 Å². The zero-order valence-electron chi connectivity index (χ0n) is 31.3. The van der Waals surface area contributed by atoms with Crippen LogP contribution in [0.5, 0.6) is 0 Å². The molecule has 0 radical (unpaired) electrons. The Morgan fingerprint density at radius 3 is 1.57 bits per heavy atom. The summed E-state index contributed by atoms with van der Waals surface area (Å²) in [5.74, 6) is 0.652. The highest BCUT2D eigenvalue weighted by Crippen LogP contribution is 2.50. The Labute approximate surface area is 338 Å².